The van der Waals surface area contributed by atoms with Gasteiger partial charge >= 0.3 is 0 Å². The van der Waals surface area contributed by atoms with Gasteiger partial charge < -0.3 is 10.2 Å². The number of rotatable bonds is 2. The Kier molecular flexibility index (Phi) is 3.58. The molecule has 3 unspecified atom stereocenters. The van der Waals surface area contributed by atoms with Crippen molar-refractivity contribution in [1.82, 2.24) is 20.2 Å². The van der Waals surface area contributed by atoms with E-state index in [0.29, 0.717) is 11.6 Å². The van der Waals surface area contributed by atoms with E-state index in [9.17, 15) is 4.79 Å². The highest BCUT2D eigenvalue weighted by Crippen LogP contribution is 2.27. The first-order valence-electron chi connectivity index (χ1n) is 7.64. The van der Waals surface area contributed by atoms with E-state index in [4.69, 9.17) is 0 Å². The van der Waals surface area contributed by atoms with E-state index < -0.39 is 0 Å². The second-order valence-corrected chi connectivity index (χ2v) is 6.96. The quantitative estimate of drug-likeness (QED) is 0.891. The number of hydrogen-bond acceptors (Lipinski definition) is 4. The Bertz CT molecular complexity index is 735. The molecule has 2 aliphatic rings. The van der Waals surface area contributed by atoms with Gasteiger partial charge in [-0.1, -0.05) is 0 Å². The molecule has 0 saturated carbocycles. The van der Waals surface area contributed by atoms with Crippen molar-refractivity contribution in [2.75, 3.05) is 19.6 Å². The molecular formula is C16H17BrN4O. The lowest BCUT2D eigenvalue weighted by molar-refractivity contribution is 0.0900. The van der Waals surface area contributed by atoms with Crippen molar-refractivity contribution in [3.63, 3.8) is 0 Å². The van der Waals surface area contributed by atoms with Crippen LogP contribution < -0.4 is 5.32 Å². The minimum absolute atomic E-state index is 0.0732. The van der Waals surface area contributed by atoms with E-state index in [-0.39, 0.29) is 11.9 Å². The lowest BCUT2D eigenvalue weighted by atomic mass is 9.94. The molecule has 1 amide bonds. The third kappa shape index (κ3) is 2.50. The maximum absolute atomic E-state index is 12.5. The zero-order valence-corrected chi connectivity index (χ0v) is 13.7. The van der Waals surface area contributed by atoms with E-state index in [2.05, 4.69) is 36.1 Å². The molecule has 4 rings (SSSR count). The third-order valence-corrected chi connectivity index (χ3v) is 5.32. The molecule has 4 heterocycles. The molecule has 2 bridgehead atoms. The number of pyridine rings is 2. The van der Waals surface area contributed by atoms with Crippen LogP contribution in [0.5, 0.6) is 0 Å². The number of carbonyl (C=O) groups is 1. The summed E-state index contributed by atoms with van der Waals surface area (Å²) in [5.74, 6) is 0.519. The van der Waals surface area contributed by atoms with Crippen LogP contribution in [0.25, 0.3) is 10.9 Å². The second-order valence-electron chi connectivity index (χ2n) is 6.11. The molecule has 22 heavy (non-hydrogen) atoms. The van der Waals surface area contributed by atoms with Crippen molar-refractivity contribution < 1.29 is 4.79 Å². The van der Waals surface area contributed by atoms with Crippen LogP contribution in [0.1, 0.15) is 23.3 Å². The minimum Gasteiger partial charge on any atom is -0.348 e. The van der Waals surface area contributed by atoms with Gasteiger partial charge in [-0.25, -0.2) is 4.98 Å². The van der Waals surface area contributed by atoms with Gasteiger partial charge in [0.2, 0.25) is 0 Å². The maximum atomic E-state index is 12.5. The molecular weight excluding hydrogens is 344 g/mol. The summed E-state index contributed by atoms with van der Waals surface area (Å²) in [6.07, 6.45) is 5.68. The fourth-order valence-electron chi connectivity index (χ4n) is 3.52. The van der Waals surface area contributed by atoms with Crippen molar-refractivity contribution in [2.24, 2.45) is 5.92 Å². The molecule has 0 radical (unpaired) electrons. The van der Waals surface area contributed by atoms with Gasteiger partial charge in [0.15, 0.2) is 0 Å². The Balaban J connectivity index is 1.56. The van der Waals surface area contributed by atoms with E-state index >= 15 is 0 Å². The van der Waals surface area contributed by atoms with E-state index in [1.54, 1.807) is 18.5 Å². The van der Waals surface area contributed by atoms with E-state index in [0.717, 1.165) is 34.9 Å². The Morgan fingerprint density at radius 2 is 2.14 bits per heavy atom. The number of halogens is 1. The molecule has 0 aromatic carbocycles. The molecule has 0 aliphatic carbocycles. The topological polar surface area (TPSA) is 58.1 Å². The smallest absolute Gasteiger partial charge is 0.270 e. The summed E-state index contributed by atoms with van der Waals surface area (Å²) in [5, 5.41) is 4.11. The van der Waals surface area contributed by atoms with E-state index in [1.807, 2.05) is 6.07 Å². The summed E-state index contributed by atoms with van der Waals surface area (Å²) in [4.78, 5) is 23.6. The average Bonchev–Trinajstić information content (AvgIpc) is 2.93. The van der Waals surface area contributed by atoms with Gasteiger partial charge in [-0.05, 0) is 53.4 Å². The first-order chi connectivity index (χ1) is 10.7. The van der Waals surface area contributed by atoms with Crippen LogP contribution in [-0.4, -0.2) is 46.5 Å². The summed E-state index contributed by atoms with van der Waals surface area (Å²) in [5.41, 5.74) is 1.25. The minimum atomic E-state index is -0.0732. The van der Waals surface area contributed by atoms with Crippen LogP contribution in [0.15, 0.2) is 29.0 Å². The molecule has 2 fully saturated rings. The number of piperidine rings is 1. The molecule has 0 spiro atoms. The molecule has 5 nitrogen and oxygen atoms in total. The predicted octanol–water partition coefficient (Wildman–Crippen LogP) is 2.22. The van der Waals surface area contributed by atoms with Gasteiger partial charge in [0.05, 0.1) is 9.99 Å². The normalized spacial score (nSPS) is 27.0. The second kappa shape index (κ2) is 5.59. The van der Waals surface area contributed by atoms with Gasteiger partial charge in [0, 0.05) is 36.9 Å². The molecule has 2 saturated heterocycles. The van der Waals surface area contributed by atoms with Crippen LogP contribution in [0, 0.1) is 5.92 Å². The number of fused-ring (bicyclic) bond motifs is 3. The monoisotopic (exact) mass is 360 g/mol. The fourth-order valence-corrected chi connectivity index (χ4v) is 3.96. The Morgan fingerprint density at radius 1 is 1.27 bits per heavy atom. The first-order valence-corrected chi connectivity index (χ1v) is 8.43. The zero-order chi connectivity index (χ0) is 15.1. The van der Waals surface area contributed by atoms with Crippen molar-refractivity contribution in [3.05, 3.63) is 34.7 Å². The molecule has 2 aliphatic heterocycles. The van der Waals surface area contributed by atoms with E-state index in [1.165, 1.54) is 13.0 Å². The number of aromatic nitrogens is 2. The third-order valence-electron chi connectivity index (χ3n) is 4.74. The number of carbonyl (C=O) groups excluding carboxylic acids is 1. The van der Waals surface area contributed by atoms with Gasteiger partial charge in [0.25, 0.3) is 5.91 Å². The highest BCUT2D eigenvalue weighted by molar-refractivity contribution is 9.10. The number of hydrogen-bond donors (Lipinski definition) is 1. The maximum Gasteiger partial charge on any atom is 0.270 e. The highest BCUT2D eigenvalue weighted by atomic mass is 79.9. The average molecular weight is 361 g/mol. The molecule has 2 aromatic rings. The van der Waals surface area contributed by atoms with Crippen molar-refractivity contribution >= 4 is 32.7 Å². The molecule has 3 atom stereocenters. The largest absolute Gasteiger partial charge is 0.348 e. The number of nitrogens with zero attached hydrogens (tertiary/aromatic N) is 3. The summed E-state index contributed by atoms with van der Waals surface area (Å²) in [7, 11) is 0. The van der Waals surface area contributed by atoms with Gasteiger partial charge in [-0.15, -0.1) is 0 Å². The lowest BCUT2D eigenvalue weighted by Crippen LogP contribution is -2.46. The molecule has 2 aromatic heterocycles. The van der Waals surface area contributed by atoms with Crippen molar-refractivity contribution in [3.8, 4) is 0 Å². The van der Waals surface area contributed by atoms with Crippen LogP contribution >= 0.6 is 15.9 Å². The Morgan fingerprint density at radius 3 is 3.05 bits per heavy atom. The SMILES string of the molecule is O=C(NC1CCN2CCC1C2)c1ccc2cncc(Br)c2n1. The van der Waals surface area contributed by atoms with Gasteiger partial charge in [-0.3, -0.25) is 9.78 Å². The van der Waals surface area contributed by atoms with Gasteiger partial charge in [0.1, 0.15) is 5.69 Å². The highest BCUT2D eigenvalue weighted by Gasteiger charge is 2.35. The van der Waals surface area contributed by atoms with Crippen LogP contribution in [0.3, 0.4) is 0 Å². The predicted molar refractivity (Wildman–Crippen MR) is 87.7 cm³/mol. The zero-order valence-electron chi connectivity index (χ0n) is 12.1. The van der Waals surface area contributed by atoms with Crippen molar-refractivity contribution in [2.45, 2.75) is 18.9 Å². The standard InChI is InChI=1S/C16H17BrN4O/c17-12-8-18-7-10-1-2-14(19-15(10)12)16(22)20-13-4-6-21-5-3-11(13)9-21/h1-2,7-8,11,13H,3-6,9H2,(H,20,22). The van der Waals surface area contributed by atoms with Crippen LogP contribution in [0.2, 0.25) is 0 Å². The number of nitrogens with one attached hydrogen (secondary N) is 1. The lowest BCUT2D eigenvalue weighted by Gasteiger charge is -2.30. The Labute approximate surface area is 137 Å². The molecule has 114 valence electrons. The fraction of sp³-hybridized carbons (Fsp3) is 0.438. The summed E-state index contributed by atoms with van der Waals surface area (Å²) < 4.78 is 0.809. The van der Waals surface area contributed by atoms with Crippen LogP contribution in [-0.2, 0) is 0 Å². The molecule has 1 N–H and O–H groups in total. The van der Waals surface area contributed by atoms with Gasteiger partial charge in [-0.2, -0.15) is 0 Å². The summed E-state index contributed by atoms with van der Waals surface area (Å²) in [6.45, 7) is 3.38. The number of amides is 1. The van der Waals surface area contributed by atoms with Crippen molar-refractivity contribution in [1.29, 1.82) is 0 Å². The van der Waals surface area contributed by atoms with Crippen LogP contribution in [0.4, 0.5) is 0 Å². The summed E-state index contributed by atoms with van der Waals surface area (Å²) in [6, 6.07) is 3.95. The first kappa shape index (κ1) is 14.1. The Hall–Kier alpha value is -1.53. The molecule has 6 heteroatoms. The summed E-state index contributed by atoms with van der Waals surface area (Å²) >= 11 is 3.44.